The number of halogens is 2. The van der Waals surface area contributed by atoms with Gasteiger partial charge in [0.05, 0.1) is 42.3 Å². The molecule has 0 bridgehead atoms. The summed E-state index contributed by atoms with van der Waals surface area (Å²) in [5, 5.41) is 32.8. The summed E-state index contributed by atoms with van der Waals surface area (Å²) >= 11 is 12.3. The van der Waals surface area contributed by atoms with Crippen LogP contribution in [-0.4, -0.2) is 75.4 Å². The van der Waals surface area contributed by atoms with Gasteiger partial charge in [-0.05, 0) is 50.3 Å². The molecule has 11 nitrogen and oxygen atoms in total. The van der Waals surface area contributed by atoms with Gasteiger partial charge < -0.3 is 30.9 Å². The van der Waals surface area contributed by atoms with Crippen molar-refractivity contribution in [2.24, 2.45) is 17.6 Å². The van der Waals surface area contributed by atoms with Crippen molar-refractivity contribution in [1.82, 2.24) is 4.90 Å². The lowest BCUT2D eigenvalue weighted by Gasteiger charge is -2.19. The van der Waals surface area contributed by atoms with Gasteiger partial charge in [-0.15, -0.1) is 0 Å². The van der Waals surface area contributed by atoms with E-state index in [0.29, 0.717) is 16.0 Å². The molecule has 1 saturated carbocycles. The van der Waals surface area contributed by atoms with Crippen molar-refractivity contribution in [3.05, 3.63) is 27.7 Å². The van der Waals surface area contributed by atoms with Crippen LogP contribution in [0.4, 0.5) is 0 Å². The Balaban J connectivity index is 0.000000355. The third kappa shape index (κ3) is 15.3. The van der Waals surface area contributed by atoms with E-state index in [4.69, 9.17) is 54.1 Å². The number of aliphatic carboxylic acids is 4. The average molecular weight is 565 g/mol. The Morgan fingerprint density at radius 3 is 1.73 bits per heavy atom. The Kier molecular flexibility index (Phi) is 14.9. The topological polar surface area (TPSA) is 188 Å². The van der Waals surface area contributed by atoms with E-state index in [1.54, 1.807) is 0 Å². The molecule has 3 rings (SSSR count). The van der Waals surface area contributed by atoms with Crippen molar-refractivity contribution >= 4 is 47.1 Å². The molecule has 2 aliphatic rings. The maximum absolute atomic E-state index is 9.64. The van der Waals surface area contributed by atoms with Crippen LogP contribution in [0.3, 0.4) is 0 Å². The molecule has 1 heterocycles. The minimum absolute atomic E-state index is 0.296. The van der Waals surface area contributed by atoms with Crippen molar-refractivity contribution in [2.45, 2.75) is 51.5 Å². The molecule has 208 valence electrons. The molecule has 1 aromatic carbocycles. The van der Waals surface area contributed by atoms with Crippen LogP contribution in [0, 0.1) is 11.8 Å². The van der Waals surface area contributed by atoms with Crippen LogP contribution in [0.15, 0.2) is 12.1 Å². The van der Waals surface area contributed by atoms with Gasteiger partial charge in [-0.2, -0.15) is 0 Å². The number of carboxylic acids is 4. The van der Waals surface area contributed by atoms with Gasteiger partial charge in [-0.1, -0.05) is 23.2 Å². The Hall–Kier alpha value is -2.60. The Labute approximate surface area is 225 Å². The standard InChI is InChI=1S/C16H22Cl2N2O.2C4H6O4/c17-14-5-13(9-20-4-3-12(7-19)8-20)16(6-15(14)18)21-10-11-1-2-11;2*5-3(6)1-2-4(7)8/h5-6,11-12H,1-4,7-10,19H2;2*1-2H2,(H,5,6)(H,7,8)/t12-;;/m0../s1. The summed E-state index contributed by atoms with van der Waals surface area (Å²) in [6.07, 6.45) is 2.55. The molecule has 0 spiro atoms. The van der Waals surface area contributed by atoms with Crippen LogP contribution in [0.2, 0.25) is 10.0 Å². The number of nitrogens with zero attached hydrogens (tertiary/aromatic N) is 1. The van der Waals surface area contributed by atoms with Crippen LogP contribution < -0.4 is 10.5 Å². The SMILES string of the molecule is NC[C@@H]1CCN(Cc2cc(Cl)c(Cl)cc2OCC2CC2)C1.O=C(O)CCC(=O)O.O=C(O)CCC(=O)O. The van der Waals surface area contributed by atoms with Crippen molar-refractivity contribution in [3.63, 3.8) is 0 Å². The molecule has 6 N–H and O–H groups in total. The van der Waals surface area contributed by atoms with Gasteiger partial charge in [0.1, 0.15) is 5.75 Å². The summed E-state index contributed by atoms with van der Waals surface area (Å²) in [6, 6.07) is 3.81. The van der Waals surface area contributed by atoms with Gasteiger partial charge in [-0.25, -0.2) is 0 Å². The second-order valence-corrected chi connectivity index (χ2v) is 9.64. The highest BCUT2D eigenvalue weighted by Crippen LogP contribution is 2.35. The first-order valence-electron chi connectivity index (χ1n) is 11.8. The van der Waals surface area contributed by atoms with E-state index in [1.165, 1.54) is 19.3 Å². The van der Waals surface area contributed by atoms with Gasteiger partial charge in [0.15, 0.2) is 0 Å². The van der Waals surface area contributed by atoms with Crippen molar-refractivity contribution < 1.29 is 44.3 Å². The normalized spacial score (nSPS) is 16.6. The number of carboxylic acid groups (broad SMARTS) is 4. The number of rotatable bonds is 12. The van der Waals surface area contributed by atoms with Gasteiger partial charge in [-0.3, -0.25) is 24.1 Å². The molecule has 1 atom stereocenters. The molecule has 1 aromatic rings. The molecule has 0 amide bonds. The lowest BCUT2D eigenvalue weighted by Crippen LogP contribution is -2.23. The third-order valence-corrected chi connectivity index (χ3v) is 6.20. The van der Waals surface area contributed by atoms with Crippen LogP contribution in [0.25, 0.3) is 0 Å². The second kappa shape index (κ2) is 17.0. The Morgan fingerprint density at radius 1 is 0.838 bits per heavy atom. The fourth-order valence-electron chi connectivity index (χ4n) is 3.24. The van der Waals surface area contributed by atoms with Crippen molar-refractivity contribution in [3.8, 4) is 5.75 Å². The summed E-state index contributed by atoms with van der Waals surface area (Å²) in [4.78, 5) is 41.0. The Morgan fingerprint density at radius 2 is 1.32 bits per heavy atom. The predicted molar refractivity (Wildman–Crippen MR) is 136 cm³/mol. The van der Waals surface area contributed by atoms with E-state index in [-0.39, 0.29) is 25.7 Å². The second-order valence-electron chi connectivity index (χ2n) is 8.83. The summed E-state index contributed by atoms with van der Waals surface area (Å²) in [6.45, 7) is 4.55. The summed E-state index contributed by atoms with van der Waals surface area (Å²) in [5.74, 6) is -2.09. The van der Waals surface area contributed by atoms with E-state index in [0.717, 1.165) is 50.0 Å². The van der Waals surface area contributed by atoms with Gasteiger partial charge >= 0.3 is 23.9 Å². The number of nitrogens with two attached hydrogens (primary N) is 1. The minimum Gasteiger partial charge on any atom is -0.493 e. The van der Waals surface area contributed by atoms with E-state index in [1.807, 2.05) is 12.1 Å². The molecular formula is C24H34Cl2N2O9. The number of ether oxygens (including phenoxy) is 1. The zero-order valence-corrected chi connectivity index (χ0v) is 21.9. The third-order valence-electron chi connectivity index (χ3n) is 5.48. The monoisotopic (exact) mass is 564 g/mol. The maximum Gasteiger partial charge on any atom is 0.303 e. The summed E-state index contributed by atoms with van der Waals surface area (Å²) in [7, 11) is 0. The van der Waals surface area contributed by atoms with Crippen molar-refractivity contribution in [1.29, 1.82) is 0 Å². The maximum atomic E-state index is 9.64. The molecule has 0 unspecified atom stereocenters. The Bertz CT molecular complexity index is 870. The zero-order valence-electron chi connectivity index (χ0n) is 20.4. The molecule has 1 aliphatic carbocycles. The largest absolute Gasteiger partial charge is 0.493 e. The fraction of sp³-hybridized carbons (Fsp3) is 0.583. The first-order valence-corrected chi connectivity index (χ1v) is 12.6. The number of benzene rings is 1. The molecular weight excluding hydrogens is 531 g/mol. The highest BCUT2D eigenvalue weighted by Gasteiger charge is 2.25. The van der Waals surface area contributed by atoms with Gasteiger partial charge in [0.2, 0.25) is 0 Å². The number of carbonyl (C=O) groups is 4. The molecule has 1 saturated heterocycles. The highest BCUT2D eigenvalue weighted by molar-refractivity contribution is 6.42. The molecule has 1 aliphatic heterocycles. The van der Waals surface area contributed by atoms with Crippen LogP contribution in [0.5, 0.6) is 5.75 Å². The predicted octanol–water partition coefficient (Wildman–Crippen LogP) is 3.43. The lowest BCUT2D eigenvalue weighted by atomic mass is 10.1. The first-order chi connectivity index (χ1) is 17.4. The van der Waals surface area contributed by atoms with Gasteiger partial charge in [0.25, 0.3) is 0 Å². The van der Waals surface area contributed by atoms with E-state index in [9.17, 15) is 19.2 Å². The average Bonchev–Trinajstić information content (AvgIpc) is 3.55. The fourth-order valence-corrected chi connectivity index (χ4v) is 3.58. The molecule has 0 radical (unpaired) electrons. The highest BCUT2D eigenvalue weighted by atomic mass is 35.5. The van der Waals surface area contributed by atoms with Crippen LogP contribution in [0.1, 0.15) is 50.5 Å². The number of likely N-dealkylation sites (tertiary alicyclic amines) is 1. The lowest BCUT2D eigenvalue weighted by molar-refractivity contribution is -0.143. The molecule has 13 heteroatoms. The number of hydrogen-bond acceptors (Lipinski definition) is 7. The van der Waals surface area contributed by atoms with Gasteiger partial charge in [0, 0.05) is 24.7 Å². The smallest absolute Gasteiger partial charge is 0.303 e. The van der Waals surface area contributed by atoms with Crippen molar-refractivity contribution in [2.75, 3.05) is 26.2 Å². The number of hydrogen-bond donors (Lipinski definition) is 5. The van der Waals surface area contributed by atoms with E-state index >= 15 is 0 Å². The molecule has 2 fully saturated rings. The van der Waals surface area contributed by atoms with Crippen LogP contribution in [-0.2, 0) is 25.7 Å². The summed E-state index contributed by atoms with van der Waals surface area (Å²) in [5.41, 5.74) is 6.89. The summed E-state index contributed by atoms with van der Waals surface area (Å²) < 4.78 is 5.97. The van der Waals surface area contributed by atoms with E-state index in [2.05, 4.69) is 4.90 Å². The minimum atomic E-state index is -1.08. The quantitative estimate of drug-likeness (QED) is 0.250. The van der Waals surface area contributed by atoms with Crippen LogP contribution >= 0.6 is 23.2 Å². The first kappa shape index (κ1) is 32.4. The zero-order chi connectivity index (χ0) is 28.0. The van der Waals surface area contributed by atoms with E-state index < -0.39 is 23.9 Å². The molecule has 37 heavy (non-hydrogen) atoms. The molecule has 0 aromatic heterocycles.